The molecular weight excluding hydrogens is 410 g/mol. The number of hydrogen-bond donors (Lipinski definition) is 7. The molecule has 10 nitrogen and oxygen atoms in total. The van der Waals surface area contributed by atoms with Gasteiger partial charge in [0.05, 0.1) is 18.2 Å². The zero-order chi connectivity index (χ0) is 22.3. The number of amides is 2. The highest BCUT2D eigenvalue weighted by Gasteiger charge is 2.39. The molecule has 0 spiro atoms. The Morgan fingerprint density at radius 3 is 2.84 bits per heavy atom. The molecule has 0 aromatic carbocycles. The van der Waals surface area contributed by atoms with E-state index in [-0.39, 0.29) is 42.3 Å². The van der Waals surface area contributed by atoms with Gasteiger partial charge in [0.2, 0.25) is 11.8 Å². The van der Waals surface area contributed by atoms with Crippen LogP contribution in [0.1, 0.15) is 64.7 Å². The van der Waals surface area contributed by atoms with E-state index >= 15 is 0 Å². The van der Waals surface area contributed by atoms with Gasteiger partial charge < -0.3 is 10.6 Å². The van der Waals surface area contributed by atoms with Crippen molar-refractivity contribution in [3.8, 4) is 0 Å². The van der Waals surface area contributed by atoms with Crippen molar-refractivity contribution in [2.75, 3.05) is 19.6 Å². The molecule has 32 heavy (non-hydrogen) atoms. The van der Waals surface area contributed by atoms with E-state index in [1.54, 1.807) is 0 Å². The Bertz CT molecular complexity index is 629. The normalized spacial score (nSPS) is 37.5. The van der Waals surface area contributed by atoms with Crippen LogP contribution in [0.2, 0.25) is 0 Å². The molecule has 1 aliphatic carbocycles. The number of fused-ring (bicyclic) bond motifs is 1. The lowest BCUT2D eigenvalue weighted by Crippen LogP contribution is -2.71. The van der Waals surface area contributed by atoms with Crippen LogP contribution in [-0.2, 0) is 14.4 Å². The summed E-state index contributed by atoms with van der Waals surface area (Å²) in [5.74, 6) is 1.60. The van der Waals surface area contributed by atoms with Crippen molar-refractivity contribution in [1.82, 2.24) is 37.6 Å². The molecule has 0 radical (unpaired) electrons. The average Bonchev–Trinajstić information content (AvgIpc) is 3.28. The predicted octanol–water partition coefficient (Wildman–Crippen LogP) is -0.206. The molecule has 0 aromatic rings. The first-order valence-corrected chi connectivity index (χ1v) is 12.6. The van der Waals surface area contributed by atoms with E-state index in [4.69, 9.17) is 4.84 Å². The second-order valence-corrected chi connectivity index (χ2v) is 9.92. The lowest BCUT2D eigenvalue weighted by atomic mass is 9.81. The van der Waals surface area contributed by atoms with E-state index < -0.39 is 0 Å². The van der Waals surface area contributed by atoms with Crippen LogP contribution in [0.5, 0.6) is 0 Å². The third kappa shape index (κ3) is 6.39. The molecule has 2 amide bonds. The van der Waals surface area contributed by atoms with Crippen LogP contribution in [0.3, 0.4) is 0 Å². The van der Waals surface area contributed by atoms with Crippen LogP contribution in [0, 0.1) is 17.8 Å². The van der Waals surface area contributed by atoms with Gasteiger partial charge in [-0.1, -0.05) is 19.8 Å². The summed E-state index contributed by atoms with van der Waals surface area (Å²) in [6.45, 7) is 4.67. The summed E-state index contributed by atoms with van der Waals surface area (Å²) in [5, 5.41) is 13.4. The van der Waals surface area contributed by atoms with E-state index in [0.29, 0.717) is 25.3 Å². The number of carbonyl (C=O) groups is 2. The molecule has 10 heteroatoms. The molecule has 3 saturated heterocycles. The summed E-state index contributed by atoms with van der Waals surface area (Å²) in [7, 11) is 0. The monoisotopic (exact) mass is 451 g/mol. The first kappa shape index (κ1) is 23.8. The fourth-order valence-corrected chi connectivity index (χ4v) is 5.41. The molecule has 4 rings (SSSR count). The highest BCUT2D eigenvalue weighted by molar-refractivity contribution is 5.80. The Morgan fingerprint density at radius 2 is 2.00 bits per heavy atom. The Hall–Kier alpha value is -1.30. The average molecular weight is 452 g/mol. The number of hydrazine groups is 1. The van der Waals surface area contributed by atoms with E-state index in [1.807, 2.05) is 0 Å². The Balaban J connectivity index is 1.05. The van der Waals surface area contributed by atoms with Gasteiger partial charge in [-0.25, -0.2) is 5.43 Å². The zero-order valence-corrected chi connectivity index (χ0v) is 19.3. The molecule has 1 saturated carbocycles. The number of hydrogen-bond acceptors (Lipinski definition) is 8. The van der Waals surface area contributed by atoms with Crippen molar-refractivity contribution in [2.24, 2.45) is 17.8 Å². The maximum Gasteiger partial charge on any atom is 0.238 e. The number of hydroxylamine groups is 1. The fraction of sp³-hybridized carbons (Fsp3) is 0.909. The summed E-state index contributed by atoms with van der Waals surface area (Å²) >= 11 is 0. The molecule has 5 atom stereocenters. The van der Waals surface area contributed by atoms with Gasteiger partial charge in [-0.15, -0.1) is 0 Å². The van der Waals surface area contributed by atoms with Crippen LogP contribution in [0.25, 0.3) is 0 Å². The SMILES string of the molecule is CC1CCC(C2NOC(CCC(=O)NCCCNC3NNC(=O)C4CCCNC34)N2)CC1. The van der Waals surface area contributed by atoms with Gasteiger partial charge in [0.25, 0.3) is 0 Å². The Labute approximate surface area is 191 Å². The van der Waals surface area contributed by atoms with Crippen molar-refractivity contribution >= 4 is 11.8 Å². The smallest absolute Gasteiger partial charge is 0.238 e. The van der Waals surface area contributed by atoms with Gasteiger partial charge in [0.1, 0.15) is 6.23 Å². The molecule has 4 aliphatic rings. The minimum absolute atomic E-state index is 0.00659. The number of rotatable bonds is 9. The van der Waals surface area contributed by atoms with Crippen molar-refractivity contribution in [3.63, 3.8) is 0 Å². The van der Waals surface area contributed by atoms with Crippen molar-refractivity contribution in [2.45, 2.75) is 89.3 Å². The minimum atomic E-state index is -0.102. The largest absolute Gasteiger partial charge is 0.356 e. The maximum absolute atomic E-state index is 12.2. The topological polar surface area (TPSA) is 128 Å². The fourth-order valence-electron chi connectivity index (χ4n) is 5.41. The number of piperidine rings is 1. The molecule has 0 bridgehead atoms. The van der Waals surface area contributed by atoms with Crippen LogP contribution in [-0.4, -0.2) is 56.0 Å². The second-order valence-electron chi connectivity index (χ2n) is 9.92. The Kier molecular flexibility index (Phi) is 8.73. The van der Waals surface area contributed by atoms with E-state index in [9.17, 15) is 9.59 Å². The van der Waals surface area contributed by atoms with E-state index in [2.05, 4.69) is 44.5 Å². The van der Waals surface area contributed by atoms with Gasteiger partial charge in [-0.3, -0.25) is 30.5 Å². The summed E-state index contributed by atoms with van der Waals surface area (Å²) in [6.07, 6.45) is 9.05. The quantitative estimate of drug-likeness (QED) is 0.240. The predicted molar refractivity (Wildman–Crippen MR) is 120 cm³/mol. The van der Waals surface area contributed by atoms with Crippen LogP contribution < -0.4 is 37.6 Å². The lowest BCUT2D eigenvalue weighted by Gasteiger charge is -2.42. The molecule has 4 fully saturated rings. The highest BCUT2D eigenvalue weighted by Crippen LogP contribution is 2.31. The molecule has 5 unspecified atom stereocenters. The number of carbonyl (C=O) groups excluding carboxylic acids is 2. The van der Waals surface area contributed by atoms with Gasteiger partial charge in [0, 0.05) is 19.0 Å². The molecule has 182 valence electrons. The summed E-state index contributed by atoms with van der Waals surface area (Å²) in [6, 6.07) is 0.112. The first-order chi connectivity index (χ1) is 15.6. The first-order valence-electron chi connectivity index (χ1n) is 12.6. The van der Waals surface area contributed by atoms with Gasteiger partial charge in [-0.2, -0.15) is 5.48 Å². The summed E-state index contributed by atoms with van der Waals surface area (Å²) in [5.41, 5.74) is 8.98. The van der Waals surface area contributed by atoms with Crippen LogP contribution >= 0.6 is 0 Å². The Morgan fingerprint density at radius 1 is 1.16 bits per heavy atom. The van der Waals surface area contributed by atoms with Gasteiger partial charge >= 0.3 is 0 Å². The zero-order valence-electron chi connectivity index (χ0n) is 19.3. The minimum Gasteiger partial charge on any atom is -0.356 e. The lowest BCUT2D eigenvalue weighted by molar-refractivity contribution is -0.131. The molecule has 3 heterocycles. The van der Waals surface area contributed by atoms with Gasteiger partial charge in [-0.05, 0) is 63.5 Å². The van der Waals surface area contributed by atoms with Crippen molar-refractivity contribution in [1.29, 1.82) is 0 Å². The van der Waals surface area contributed by atoms with Crippen molar-refractivity contribution in [3.05, 3.63) is 0 Å². The molecule has 0 aromatic heterocycles. The van der Waals surface area contributed by atoms with Crippen LogP contribution in [0.15, 0.2) is 0 Å². The summed E-state index contributed by atoms with van der Waals surface area (Å²) < 4.78 is 0. The van der Waals surface area contributed by atoms with Crippen molar-refractivity contribution < 1.29 is 14.4 Å². The van der Waals surface area contributed by atoms with E-state index in [1.165, 1.54) is 25.7 Å². The third-order valence-electron chi connectivity index (χ3n) is 7.46. The number of nitrogens with one attached hydrogen (secondary N) is 7. The second kappa shape index (κ2) is 11.7. The third-order valence-corrected chi connectivity index (χ3v) is 7.46. The summed E-state index contributed by atoms with van der Waals surface area (Å²) in [4.78, 5) is 29.9. The van der Waals surface area contributed by atoms with Gasteiger partial charge in [0.15, 0.2) is 0 Å². The molecular formula is C22H41N7O3. The van der Waals surface area contributed by atoms with E-state index in [0.717, 1.165) is 38.3 Å². The standard InChI is InChI=1S/C22H41N7O3/c1-14-5-7-15(8-6-14)20-26-18(32-29-20)10-9-17(30)23-12-3-13-25-21-19-16(4-2-11-24-19)22(31)28-27-21/h14-16,18-21,24-27,29H,2-13H2,1H3,(H,23,30)(H,28,31). The molecule has 3 aliphatic heterocycles. The highest BCUT2D eigenvalue weighted by atomic mass is 16.7. The molecule has 7 N–H and O–H groups in total. The van der Waals surface area contributed by atoms with Crippen LogP contribution in [0.4, 0.5) is 0 Å². The maximum atomic E-state index is 12.2.